The third-order valence-corrected chi connectivity index (χ3v) is 7.15. The number of carbonyl (C=O) groups is 2. The summed E-state index contributed by atoms with van der Waals surface area (Å²) in [5.74, 6) is -4.52. The third kappa shape index (κ3) is 2.90. The lowest BCUT2D eigenvalue weighted by Gasteiger charge is -2.24. The van der Waals surface area contributed by atoms with E-state index >= 15 is 0 Å². The van der Waals surface area contributed by atoms with Gasteiger partial charge in [-0.2, -0.15) is 25.6 Å². The van der Waals surface area contributed by atoms with Crippen molar-refractivity contribution >= 4 is 32.2 Å². The molecule has 0 aromatic rings. The molecule has 5 atom stereocenters. The first-order valence-electron chi connectivity index (χ1n) is 6.98. The maximum absolute atomic E-state index is 13.0. The minimum absolute atomic E-state index is 0.238. The summed E-state index contributed by atoms with van der Waals surface area (Å²) in [6, 6.07) is 0. The zero-order valence-electron chi connectivity index (χ0n) is 12.2. The van der Waals surface area contributed by atoms with E-state index in [0.717, 1.165) is 0 Å². The third-order valence-electron chi connectivity index (χ3n) is 4.56. The first-order chi connectivity index (χ1) is 11.3. The summed E-state index contributed by atoms with van der Waals surface area (Å²) in [5.41, 5.74) is 0. The molecule has 1 heterocycles. The molecule has 1 saturated heterocycles. The lowest BCUT2D eigenvalue weighted by Crippen LogP contribution is -2.41. The van der Waals surface area contributed by atoms with Gasteiger partial charge in [0, 0.05) is 11.8 Å². The number of rotatable bonds is 5. The van der Waals surface area contributed by atoms with Crippen LogP contribution in [-0.2, 0) is 43.5 Å². The molecular weight excluding hydrogens is 394 g/mol. The second kappa shape index (κ2) is 5.56. The summed E-state index contributed by atoms with van der Waals surface area (Å²) in [7, 11) is -9.78. The maximum atomic E-state index is 13.0. The highest BCUT2D eigenvalue weighted by molar-refractivity contribution is 7.88. The number of hydrogen-bond acceptors (Lipinski definition) is 9. The van der Waals surface area contributed by atoms with E-state index in [1.807, 2.05) is 0 Å². The molecule has 14 heteroatoms. The number of carbonyl (C=O) groups excluding carboxylic acids is 2. The molecule has 2 bridgehead atoms. The molecule has 3 rings (SSSR count). The van der Waals surface area contributed by atoms with E-state index < -0.39 is 61.5 Å². The standard InChI is InChI=1S/C11H12F2O10S2/c12-11(13,25(18,19)20)10(15)21-3-7(14)22-8-4-1-5-6(2-4)24(16,17)23-9(5)8/h4-6,8-9H,1-3H2,(H,18,19,20). The van der Waals surface area contributed by atoms with Gasteiger partial charge in [-0.15, -0.1) is 0 Å². The Morgan fingerprint density at radius 3 is 2.52 bits per heavy atom. The number of hydrogen-bond donors (Lipinski definition) is 1. The Morgan fingerprint density at radius 1 is 1.28 bits per heavy atom. The lowest BCUT2D eigenvalue weighted by atomic mass is 9.94. The molecule has 3 aliphatic rings. The molecule has 25 heavy (non-hydrogen) atoms. The highest BCUT2D eigenvalue weighted by Gasteiger charge is 2.65. The van der Waals surface area contributed by atoms with Crippen molar-refractivity contribution in [3.05, 3.63) is 0 Å². The van der Waals surface area contributed by atoms with Crippen molar-refractivity contribution in [2.45, 2.75) is 35.6 Å². The number of ether oxygens (including phenoxy) is 2. The van der Waals surface area contributed by atoms with Crippen molar-refractivity contribution in [1.29, 1.82) is 0 Å². The second-order valence-electron chi connectivity index (χ2n) is 6.01. The van der Waals surface area contributed by atoms with Gasteiger partial charge >= 0.3 is 27.3 Å². The minimum Gasteiger partial charge on any atom is -0.457 e. The molecule has 1 aliphatic heterocycles. The van der Waals surface area contributed by atoms with Crippen LogP contribution in [0, 0.1) is 11.8 Å². The maximum Gasteiger partial charge on any atom is 0.465 e. The molecule has 0 aromatic carbocycles. The fourth-order valence-corrected chi connectivity index (χ4v) is 5.70. The molecular formula is C11H12F2O10S2. The van der Waals surface area contributed by atoms with Gasteiger partial charge in [0.25, 0.3) is 10.1 Å². The molecule has 2 saturated carbocycles. The van der Waals surface area contributed by atoms with Gasteiger partial charge in [-0.3, -0.25) is 8.74 Å². The van der Waals surface area contributed by atoms with Crippen molar-refractivity contribution in [2.24, 2.45) is 11.8 Å². The Kier molecular flexibility index (Phi) is 4.09. The molecule has 1 N–H and O–H groups in total. The average Bonchev–Trinajstić information content (AvgIpc) is 3.07. The fraction of sp³-hybridized carbons (Fsp3) is 0.818. The predicted molar refractivity (Wildman–Crippen MR) is 71.1 cm³/mol. The summed E-state index contributed by atoms with van der Waals surface area (Å²) in [6.07, 6.45) is -1.09. The normalized spacial score (nSPS) is 35.6. The highest BCUT2D eigenvalue weighted by atomic mass is 32.2. The van der Waals surface area contributed by atoms with Crippen LogP contribution in [0.25, 0.3) is 0 Å². The summed E-state index contributed by atoms with van der Waals surface area (Å²) in [6.45, 7) is -1.33. The monoisotopic (exact) mass is 406 g/mol. The van der Waals surface area contributed by atoms with Crippen LogP contribution in [0.15, 0.2) is 0 Å². The van der Waals surface area contributed by atoms with E-state index in [-0.39, 0.29) is 18.3 Å². The molecule has 2 aliphatic carbocycles. The van der Waals surface area contributed by atoms with Gasteiger partial charge in [-0.1, -0.05) is 0 Å². The fourth-order valence-electron chi connectivity index (χ4n) is 3.54. The van der Waals surface area contributed by atoms with Crippen LogP contribution in [0.5, 0.6) is 0 Å². The van der Waals surface area contributed by atoms with Crippen LogP contribution in [-0.4, -0.2) is 62.6 Å². The average molecular weight is 406 g/mol. The quantitative estimate of drug-likeness (QED) is 0.344. The summed E-state index contributed by atoms with van der Waals surface area (Å²) in [4.78, 5) is 22.6. The van der Waals surface area contributed by atoms with E-state index in [2.05, 4.69) is 4.74 Å². The van der Waals surface area contributed by atoms with Gasteiger partial charge in [0.2, 0.25) is 0 Å². The first-order valence-corrected chi connectivity index (χ1v) is 9.89. The van der Waals surface area contributed by atoms with Crippen molar-refractivity contribution in [1.82, 2.24) is 0 Å². The summed E-state index contributed by atoms with van der Waals surface area (Å²) in [5, 5.41) is -5.88. The molecule has 142 valence electrons. The molecule has 0 amide bonds. The molecule has 3 fully saturated rings. The van der Waals surface area contributed by atoms with Gasteiger partial charge in [0.15, 0.2) is 6.61 Å². The van der Waals surface area contributed by atoms with E-state index in [4.69, 9.17) is 13.5 Å². The van der Waals surface area contributed by atoms with Crippen LogP contribution >= 0.6 is 0 Å². The number of esters is 2. The van der Waals surface area contributed by atoms with Gasteiger partial charge in [0.1, 0.15) is 12.2 Å². The molecule has 10 nitrogen and oxygen atoms in total. The Bertz CT molecular complexity index is 820. The number of fused-ring (bicyclic) bond motifs is 1. The van der Waals surface area contributed by atoms with Crippen molar-refractivity contribution in [3.63, 3.8) is 0 Å². The Morgan fingerprint density at radius 2 is 1.92 bits per heavy atom. The zero-order chi connectivity index (χ0) is 18.8. The molecule has 0 aromatic heterocycles. The van der Waals surface area contributed by atoms with Crippen molar-refractivity contribution < 1.29 is 53.4 Å². The van der Waals surface area contributed by atoms with E-state index in [9.17, 15) is 35.2 Å². The Labute approximate surface area is 140 Å². The Balaban J connectivity index is 1.57. The van der Waals surface area contributed by atoms with Gasteiger partial charge in [-0.05, 0) is 12.8 Å². The van der Waals surface area contributed by atoms with Crippen molar-refractivity contribution in [3.8, 4) is 0 Å². The number of halogens is 2. The largest absolute Gasteiger partial charge is 0.465 e. The highest BCUT2D eigenvalue weighted by Crippen LogP contribution is 2.55. The predicted octanol–water partition coefficient (Wildman–Crippen LogP) is -0.941. The summed E-state index contributed by atoms with van der Waals surface area (Å²) >= 11 is 0. The van der Waals surface area contributed by atoms with E-state index in [1.165, 1.54) is 0 Å². The minimum atomic E-state index is -6.05. The van der Waals surface area contributed by atoms with Crippen LogP contribution < -0.4 is 0 Å². The van der Waals surface area contributed by atoms with E-state index in [1.54, 1.807) is 0 Å². The van der Waals surface area contributed by atoms with Crippen LogP contribution in [0.1, 0.15) is 12.8 Å². The van der Waals surface area contributed by atoms with E-state index in [0.29, 0.717) is 6.42 Å². The smallest absolute Gasteiger partial charge is 0.457 e. The second-order valence-corrected chi connectivity index (χ2v) is 9.26. The van der Waals surface area contributed by atoms with Crippen LogP contribution in [0.4, 0.5) is 8.78 Å². The van der Waals surface area contributed by atoms with Crippen molar-refractivity contribution in [2.75, 3.05) is 6.61 Å². The van der Waals surface area contributed by atoms with Crippen LogP contribution in [0.2, 0.25) is 0 Å². The van der Waals surface area contributed by atoms with Gasteiger partial charge in [-0.25, -0.2) is 9.59 Å². The van der Waals surface area contributed by atoms with Gasteiger partial charge in [0.05, 0.1) is 5.25 Å². The number of alkyl halides is 2. The lowest BCUT2D eigenvalue weighted by molar-refractivity contribution is -0.174. The molecule has 0 radical (unpaired) electrons. The van der Waals surface area contributed by atoms with Crippen LogP contribution in [0.3, 0.4) is 0 Å². The summed E-state index contributed by atoms with van der Waals surface area (Å²) < 4.78 is 92.1. The first kappa shape index (κ1) is 18.4. The van der Waals surface area contributed by atoms with Gasteiger partial charge < -0.3 is 9.47 Å². The SMILES string of the molecule is O=C(COC(=O)C(F)(F)S(=O)(=O)O)OC1C2CC3C1OS(=O)(=O)C3C2. The topological polar surface area (TPSA) is 150 Å². The molecule has 0 spiro atoms. The zero-order valence-corrected chi connectivity index (χ0v) is 13.8. The Hall–Kier alpha value is -1.38. The molecule has 5 unspecified atom stereocenters.